The summed E-state index contributed by atoms with van der Waals surface area (Å²) in [6.07, 6.45) is 1.34. The highest BCUT2D eigenvalue weighted by atomic mass is 16.6. The third-order valence-electron chi connectivity index (χ3n) is 2.00. The van der Waals surface area contributed by atoms with Gasteiger partial charge < -0.3 is 10.6 Å². The van der Waals surface area contributed by atoms with E-state index >= 15 is 0 Å². The molecule has 16 heavy (non-hydrogen) atoms. The van der Waals surface area contributed by atoms with Crippen molar-refractivity contribution in [3.8, 4) is 0 Å². The van der Waals surface area contributed by atoms with Gasteiger partial charge in [-0.1, -0.05) is 12.1 Å². The number of para-hydroxylation sites is 2. The smallest absolute Gasteiger partial charge is 0.292 e. The topological polar surface area (TPSA) is 84.3 Å². The summed E-state index contributed by atoms with van der Waals surface area (Å²) in [5.74, 6) is 0. The number of nitro groups is 1. The summed E-state index contributed by atoms with van der Waals surface area (Å²) in [5.41, 5.74) is 0.560. The number of carbonyl (C=O) groups excluding carboxylic acids is 1. The fourth-order valence-electron chi connectivity index (χ4n) is 1.25. The van der Waals surface area contributed by atoms with E-state index in [-0.39, 0.29) is 5.69 Å². The lowest BCUT2D eigenvalue weighted by atomic mass is 10.2. The van der Waals surface area contributed by atoms with Crippen LogP contribution in [0.4, 0.5) is 11.4 Å². The van der Waals surface area contributed by atoms with Gasteiger partial charge in [-0.05, 0) is 12.5 Å². The van der Waals surface area contributed by atoms with Gasteiger partial charge in [0.05, 0.1) is 4.92 Å². The molecule has 1 amide bonds. The van der Waals surface area contributed by atoms with E-state index in [1.165, 1.54) is 6.07 Å². The highest BCUT2D eigenvalue weighted by Gasteiger charge is 2.10. The molecule has 0 atom stereocenters. The van der Waals surface area contributed by atoms with E-state index in [4.69, 9.17) is 0 Å². The summed E-state index contributed by atoms with van der Waals surface area (Å²) in [5, 5.41) is 16.1. The number of anilines is 1. The Morgan fingerprint density at radius 1 is 1.31 bits per heavy atom. The average Bonchev–Trinajstić information content (AvgIpc) is 2.29. The molecule has 6 heteroatoms. The number of rotatable bonds is 7. The number of nitrogens with zero attached hydrogens (tertiary/aromatic N) is 1. The molecule has 0 spiro atoms. The Morgan fingerprint density at radius 2 is 2.06 bits per heavy atom. The lowest BCUT2D eigenvalue weighted by molar-refractivity contribution is -0.384. The first kappa shape index (κ1) is 12.0. The van der Waals surface area contributed by atoms with Crippen LogP contribution < -0.4 is 10.6 Å². The largest absolute Gasteiger partial charge is 0.379 e. The van der Waals surface area contributed by atoms with Crippen LogP contribution in [0.25, 0.3) is 0 Å². The van der Waals surface area contributed by atoms with Crippen LogP contribution in [0.5, 0.6) is 0 Å². The van der Waals surface area contributed by atoms with Gasteiger partial charge in [-0.25, -0.2) is 0 Å². The molecular weight excluding hydrogens is 210 g/mol. The number of hydrogen-bond acceptors (Lipinski definition) is 4. The zero-order valence-electron chi connectivity index (χ0n) is 8.68. The molecule has 0 heterocycles. The predicted octanol–water partition coefficient (Wildman–Crippen LogP) is 1.14. The second-order valence-electron chi connectivity index (χ2n) is 3.13. The summed E-state index contributed by atoms with van der Waals surface area (Å²) in [4.78, 5) is 20.2. The maximum atomic E-state index is 10.7. The minimum atomic E-state index is -0.425. The molecule has 0 unspecified atom stereocenters. The molecular formula is C10H13N3O3. The van der Waals surface area contributed by atoms with E-state index in [1.54, 1.807) is 18.2 Å². The van der Waals surface area contributed by atoms with Crippen LogP contribution in [-0.4, -0.2) is 24.4 Å². The van der Waals surface area contributed by atoms with Crippen molar-refractivity contribution >= 4 is 17.8 Å². The van der Waals surface area contributed by atoms with Gasteiger partial charge in [0, 0.05) is 19.2 Å². The normalized spacial score (nSPS) is 9.50. The van der Waals surface area contributed by atoms with Crippen molar-refractivity contribution in [3.63, 3.8) is 0 Å². The quantitative estimate of drug-likeness (QED) is 0.314. The second-order valence-corrected chi connectivity index (χ2v) is 3.13. The number of benzene rings is 1. The Hall–Kier alpha value is -2.11. The number of nitrogens with one attached hydrogen (secondary N) is 2. The molecule has 2 N–H and O–H groups in total. The molecule has 6 nitrogen and oxygen atoms in total. The summed E-state index contributed by atoms with van der Waals surface area (Å²) < 4.78 is 0. The van der Waals surface area contributed by atoms with Gasteiger partial charge in [0.2, 0.25) is 6.41 Å². The first-order valence-electron chi connectivity index (χ1n) is 4.90. The number of hydrogen-bond donors (Lipinski definition) is 2. The Balaban J connectivity index is 2.47. The first-order valence-corrected chi connectivity index (χ1v) is 4.90. The fourth-order valence-corrected chi connectivity index (χ4v) is 1.25. The molecule has 1 rings (SSSR count). The number of carbonyl (C=O) groups is 1. The maximum Gasteiger partial charge on any atom is 0.292 e. The molecule has 86 valence electrons. The molecule has 0 aliphatic carbocycles. The molecule has 0 radical (unpaired) electrons. The maximum absolute atomic E-state index is 10.7. The summed E-state index contributed by atoms with van der Waals surface area (Å²) >= 11 is 0. The van der Waals surface area contributed by atoms with Crippen LogP contribution in [0, 0.1) is 10.1 Å². The van der Waals surface area contributed by atoms with E-state index in [1.807, 2.05) is 0 Å². The lowest BCUT2D eigenvalue weighted by Crippen LogP contribution is -2.16. The zero-order chi connectivity index (χ0) is 11.8. The highest BCUT2D eigenvalue weighted by molar-refractivity contribution is 5.60. The van der Waals surface area contributed by atoms with Crippen molar-refractivity contribution in [2.24, 2.45) is 0 Å². The van der Waals surface area contributed by atoms with E-state index < -0.39 is 4.92 Å². The molecule has 0 aliphatic rings. The standard InChI is InChI=1S/C10H13N3O3/c14-8-11-6-3-7-12-9-4-1-2-5-10(9)13(15)16/h1-2,4-5,8,12H,3,6-7H2,(H,11,14). The van der Waals surface area contributed by atoms with Gasteiger partial charge in [0.15, 0.2) is 0 Å². The molecule has 1 aromatic rings. The van der Waals surface area contributed by atoms with Crippen LogP contribution in [0.15, 0.2) is 24.3 Å². The van der Waals surface area contributed by atoms with Crippen molar-refractivity contribution in [1.82, 2.24) is 5.32 Å². The van der Waals surface area contributed by atoms with Crippen molar-refractivity contribution in [2.75, 3.05) is 18.4 Å². The van der Waals surface area contributed by atoms with Crippen molar-refractivity contribution in [3.05, 3.63) is 34.4 Å². The third-order valence-corrected chi connectivity index (χ3v) is 2.00. The molecule has 0 aliphatic heterocycles. The highest BCUT2D eigenvalue weighted by Crippen LogP contribution is 2.22. The van der Waals surface area contributed by atoms with Gasteiger partial charge in [-0.2, -0.15) is 0 Å². The Kier molecular flexibility index (Phi) is 4.78. The average molecular weight is 223 g/mol. The van der Waals surface area contributed by atoms with Gasteiger partial charge in [-0.15, -0.1) is 0 Å². The number of nitro benzene ring substituents is 1. The minimum absolute atomic E-state index is 0.0610. The first-order chi connectivity index (χ1) is 7.75. The second kappa shape index (κ2) is 6.39. The molecule has 0 saturated heterocycles. The van der Waals surface area contributed by atoms with E-state index in [9.17, 15) is 14.9 Å². The van der Waals surface area contributed by atoms with Crippen molar-refractivity contribution in [1.29, 1.82) is 0 Å². The monoisotopic (exact) mass is 223 g/mol. The third kappa shape index (κ3) is 3.56. The zero-order valence-corrected chi connectivity index (χ0v) is 8.68. The van der Waals surface area contributed by atoms with Crippen molar-refractivity contribution in [2.45, 2.75) is 6.42 Å². The molecule has 0 saturated carbocycles. The lowest BCUT2D eigenvalue weighted by Gasteiger charge is -2.06. The molecule has 0 bridgehead atoms. The van der Waals surface area contributed by atoms with Gasteiger partial charge in [0.1, 0.15) is 5.69 Å². The summed E-state index contributed by atoms with van der Waals surface area (Å²) in [7, 11) is 0. The van der Waals surface area contributed by atoms with Gasteiger partial charge in [-0.3, -0.25) is 14.9 Å². The van der Waals surface area contributed by atoms with Gasteiger partial charge >= 0.3 is 0 Å². The van der Waals surface area contributed by atoms with Crippen LogP contribution >= 0.6 is 0 Å². The number of amides is 1. The molecule has 1 aromatic carbocycles. The van der Waals surface area contributed by atoms with E-state index in [2.05, 4.69) is 10.6 Å². The summed E-state index contributed by atoms with van der Waals surface area (Å²) in [6, 6.07) is 6.47. The van der Waals surface area contributed by atoms with E-state index in [0.717, 1.165) is 0 Å². The predicted molar refractivity (Wildman–Crippen MR) is 60.3 cm³/mol. The van der Waals surface area contributed by atoms with Crippen LogP contribution in [0.1, 0.15) is 6.42 Å². The van der Waals surface area contributed by atoms with Crippen molar-refractivity contribution < 1.29 is 9.72 Å². The molecule has 0 aromatic heterocycles. The Morgan fingerprint density at radius 3 is 2.75 bits per heavy atom. The Labute approximate surface area is 92.8 Å². The SMILES string of the molecule is O=CNCCCNc1ccccc1[N+](=O)[O-]. The van der Waals surface area contributed by atoms with Crippen LogP contribution in [0.3, 0.4) is 0 Å². The minimum Gasteiger partial charge on any atom is -0.379 e. The van der Waals surface area contributed by atoms with E-state index in [0.29, 0.717) is 31.6 Å². The van der Waals surface area contributed by atoms with Crippen LogP contribution in [-0.2, 0) is 4.79 Å². The summed E-state index contributed by atoms with van der Waals surface area (Å²) in [6.45, 7) is 1.13. The Bertz CT molecular complexity index is 368. The van der Waals surface area contributed by atoms with Crippen LogP contribution in [0.2, 0.25) is 0 Å². The van der Waals surface area contributed by atoms with Gasteiger partial charge in [0.25, 0.3) is 5.69 Å². The molecule has 0 fully saturated rings. The fraction of sp³-hybridized carbons (Fsp3) is 0.300.